The van der Waals surface area contributed by atoms with Crippen LogP contribution in [0.2, 0.25) is 5.02 Å². The van der Waals surface area contributed by atoms with Gasteiger partial charge in [-0.15, -0.1) is 0 Å². The number of methoxy groups -OCH3 is 2. The fraction of sp³-hybridized carbons (Fsp3) is 0.263. The number of amides is 1. The number of rotatable bonds is 8. The number of carbonyl (C=O) groups excluding carboxylic acids is 1. The SMILES string of the molecule is CCOc1cc(/C=N/NC(=O)C(OC)c2ccc(Cl)cc2)cc(Br)c1OC. The topological polar surface area (TPSA) is 69.2 Å². The van der Waals surface area contributed by atoms with Gasteiger partial charge in [-0.25, -0.2) is 5.43 Å². The highest BCUT2D eigenvalue weighted by molar-refractivity contribution is 9.10. The lowest BCUT2D eigenvalue weighted by atomic mass is 10.1. The second-order valence-electron chi connectivity index (χ2n) is 5.37. The Morgan fingerprint density at radius 2 is 2.00 bits per heavy atom. The maximum absolute atomic E-state index is 12.3. The Kier molecular flexibility index (Phi) is 8.09. The van der Waals surface area contributed by atoms with Crippen molar-refractivity contribution in [1.29, 1.82) is 0 Å². The van der Waals surface area contributed by atoms with Gasteiger partial charge in [-0.05, 0) is 58.2 Å². The molecule has 2 rings (SSSR count). The van der Waals surface area contributed by atoms with Crippen LogP contribution in [0.3, 0.4) is 0 Å². The molecule has 0 heterocycles. The number of nitrogens with one attached hydrogen (secondary N) is 1. The van der Waals surface area contributed by atoms with Gasteiger partial charge in [0.2, 0.25) is 0 Å². The highest BCUT2D eigenvalue weighted by Gasteiger charge is 2.19. The first-order valence-corrected chi connectivity index (χ1v) is 9.28. The minimum absolute atomic E-state index is 0.395. The first kappa shape index (κ1) is 21.2. The van der Waals surface area contributed by atoms with Crippen molar-refractivity contribution in [3.05, 3.63) is 57.0 Å². The second-order valence-corrected chi connectivity index (χ2v) is 6.66. The Labute approximate surface area is 171 Å². The van der Waals surface area contributed by atoms with Crippen molar-refractivity contribution in [3.63, 3.8) is 0 Å². The molecule has 0 aliphatic rings. The number of carbonyl (C=O) groups is 1. The molecule has 0 radical (unpaired) electrons. The van der Waals surface area contributed by atoms with Crippen molar-refractivity contribution in [3.8, 4) is 11.5 Å². The Hall–Kier alpha value is -2.09. The quantitative estimate of drug-likeness (QED) is 0.475. The molecule has 0 fully saturated rings. The minimum Gasteiger partial charge on any atom is -0.492 e. The van der Waals surface area contributed by atoms with E-state index in [-0.39, 0.29) is 0 Å². The lowest BCUT2D eigenvalue weighted by Crippen LogP contribution is -2.26. The number of nitrogens with zero attached hydrogens (tertiary/aromatic N) is 1. The van der Waals surface area contributed by atoms with Crippen molar-refractivity contribution in [2.45, 2.75) is 13.0 Å². The molecule has 27 heavy (non-hydrogen) atoms. The highest BCUT2D eigenvalue weighted by Crippen LogP contribution is 2.36. The first-order valence-electron chi connectivity index (χ1n) is 8.11. The summed E-state index contributed by atoms with van der Waals surface area (Å²) in [4.78, 5) is 12.3. The van der Waals surface area contributed by atoms with Crippen LogP contribution >= 0.6 is 27.5 Å². The maximum Gasteiger partial charge on any atom is 0.273 e. The van der Waals surface area contributed by atoms with Gasteiger partial charge in [-0.2, -0.15) is 5.10 Å². The van der Waals surface area contributed by atoms with E-state index in [0.717, 1.165) is 10.0 Å². The third kappa shape index (κ3) is 5.69. The molecule has 1 unspecified atom stereocenters. The molecule has 0 aliphatic carbocycles. The number of benzene rings is 2. The fourth-order valence-corrected chi connectivity index (χ4v) is 3.13. The molecule has 2 aromatic carbocycles. The third-order valence-electron chi connectivity index (χ3n) is 3.57. The van der Waals surface area contributed by atoms with Crippen LogP contribution in [0, 0.1) is 0 Å². The number of hydrogen-bond donors (Lipinski definition) is 1. The maximum atomic E-state index is 12.3. The Balaban J connectivity index is 2.11. The van der Waals surface area contributed by atoms with Crippen molar-refractivity contribution < 1.29 is 19.0 Å². The van der Waals surface area contributed by atoms with Gasteiger partial charge in [0.25, 0.3) is 5.91 Å². The molecule has 6 nitrogen and oxygen atoms in total. The molecule has 1 amide bonds. The van der Waals surface area contributed by atoms with Gasteiger partial charge in [0.15, 0.2) is 17.6 Å². The summed E-state index contributed by atoms with van der Waals surface area (Å²) < 4.78 is 16.9. The lowest BCUT2D eigenvalue weighted by molar-refractivity contribution is -0.131. The number of halogens is 2. The molecule has 144 valence electrons. The molecule has 2 aromatic rings. The van der Waals surface area contributed by atoms with Crippen molar-refractivity contribution in [2.75, 3.05) is 20.8 Å². The molecule has 0 spiro atoms. The van der Waals surface area contributed by atoms with Crippen LogP contribution < -0.4 is 14.9 Å². The minimum atomic E-state index is -0.791. The summed E-state index contributed by atoms with van der Waals surface area (Å²) in [6, 6.07) is 10.4. The van der Waals surface area contributed by atoms with Crippen molar-refractivity contribution in [1.82, 2.24) is 5.43 Å². The number of ether oxygens (including phenoxy) is 3. The lowest BCUT2D eigenvalue weighted by Gasteiger charge is -2.14. The van der Waals surface area contributed by atoms with E-state index in [4.69, 9.17) is 25.8 Å². The highest BCUT2D eigenvalue weighted by atomic mass is 79.9. The Morgan fingerprint density at radius 1 is 1.30 bits per heavy atom. The first-order chi connectivity index (χ1) is 13.0. The van der Waals surface area contributed by atoms with Gasteiger partial charge >= 0.3 is 0 Å². The van der Waals surface area contributed by atoms with Gasteiger partial charge in [-0.1, -0.05) is 23.7 Å². The summed E-state index contributed by atoms with van der Waals surface area (Å²) in [7, 11) is 3.02. The van der Waals surface area contributed by atoms with E-state index in [1.54, 1.807) is 37.4 Å². The molecule has 1 atom stereocenters. The van der Waals surface area contributed by atoms with Crippen LogP contribution in [0.4, 0.5) is 0 Å². The zero-order valence-corrected chi connectivity index (χ0v) is 17.5. The third-order valence-corrected chi connectivity index (χ3v) is 4.41. The van der Waals surface area contributed by atoms with Gasteiger partial charge < -0.3 is 14.2 Å². The molecule has 0 saturated heterocycles. The van der Waals surface area contributed by atoms with Gasteiger partial charge in [-0.3, -0.25) is 4.79 Å². The molecule has 0 aromatic heterocycles. The van der Waals surface area contributed by atoms with Crippen LogP contribution in [-0.2, 0) is 9.53 Å². The normalized spacial score (nSPS) is 12.0. The summed E-state index contributed by atoms with van der Waals surface area (Å²) in [5.41, 5.74) is 3.89. The van der Waals surface area contributed by atoms with Crippen LogP contribution in [0.25, 0.3) is 0 Å². The average Bonchev–Trinajstić information content (AvgIpc) is 2.64. The summed E-state index contributed by atoms with van der Waals surface area (Å²) in [5, 5.41) is 4.59. The molecular weight excluding hydrogens is 436 g/mol. The molecule has 1 N–H and O–H groups in total. The largest absolute Gasteiger partial charge is 0.492 e. The zero-order chi connectivity index (χ0) is 19.8. The smallest absolute Gasteiger partial charge is 0.273 e. The van der Waals surface area contributed by atoms with Gasteiger partial charge in [0.1, 0.15) is 0 Å². The molecule has 0 saturated carbocycles. The van der Waals surface area contributed by atoms with Gasteiger partial charge in [0, 0.05) is 12.1 Å². The van der Waals surface area contributed by atoms with E-state index in [1.165, 1.54) is 13.3 Å². The van der Waals surface area contributed by atoms with E-state index in [0.29, 0.717) is 28.7 Å². The second kappa shape index (κ2) is 10.3. The standard InChI is InChI=1S/C19H20BrClN2O4/c1-4-27-16-10-12(9-15(20)18(16)26-3)11-22-23-19(24)17(25-2)13-5-7-14(21)8-6-13/h5-11,17H,4H2,1-3H3,(H,23,24)/b22-11+. The van der Waals surface area contributed by atoms with E-state index in [2.05, 4.69) is 26.5 Å². The monoisotopic (exact) mass is 454 g/mol. The van der Waals surface area contributed by atoms with E-state index in [1.807, 2.05) is 13.0 Å². The predicted octanol–water partition coefficient (Wildman–Crippen LogP) is 4.35. The van der Waals surface area contributed by atoms with Crippen LogP contribution in [0.15, 0.2) is 46.0 Å². The number of hydrogen-bond acceptors (Lipinski definition) is 5. The molecular formula is C19H20BrClN2O4. The van der Waals surface area contributed by atoms with Gasteiger partial charge in [0.05, 0.1) is 24.4 Å². The van der Waals surface area contributed by atoms with Crippen LogP contribution in [-0.4, -0.2) is 32.9 Å². The van der Waals surface area contributed by atoms with Crippen molar-refractivity contribution >= 4 is 39.7 Å². The Bertz CT molecular complexity index is 812. The summed E-state index contributed by atoms with van der Waals surface area (Å²) in [6.07, 6.45) is 0.722. The molecule has 0 bridgehead atoms. The average molecular weight is 456 g/mol. The summed E-state index contributed by atoms with van der Waals surface area (Å²) >= 11 is 9.31. The van der Waals surface area contributed by atoms with Crippen molar-refractivity contribution in [2.24, 2.45) is 5.10 Å². The van der Waals surface area contributed by atoms with Crippen LogP contribution in [0.1, 0.15) is 24.2 Å². The summed E-state index contributed by atoms with van der Waals surface area (Å²) in [6.45, 7) is 2.38. The van der Waals surface area contributed by atoms with Crippen LogP contribution in [0.5, 0.6) is 11.5 Å². The van der Waals surface area contributed by atoms with E-state index in [9.17, 15) is 4.79 Å². The van der Waals surface area contributed by atoms with E-state index >= 15 is 0 Å². The number of hydrazone groups is 1. The zero-order valence-electron chi connectivity index (χ0n) is 15.2. The van der Waals surface area contributed by atoms with E-state index < -0.39 is 12.0 Å². The molecule has 0 aliphatic heterocycles. The fourth-order valence-electron chi connectivity index (χ4n) is 2.38. The Morgan fingerprint density at radius 3 is 2.59 bits per heavy atom. The summed E-state index contributed by atoms with van der Waals surface area (Å²) in [5.74, 6) is 0.784. The predicted molar refractivity (Wildman–Crippen MR) is 109 cm³/mol. The molecule has 8 heteroatoms.